The first-order chi connectivity index (χ1) is 10.5. The zero-order chi connectivity index (χ0) is 15.6. The van der Waals surface area contributed by atoms with Gasteiger partial charge in [-0.2, -0.15) is 0 Å². The Bertz CT molecular complexity index is 761. The maximum atomic E-state index is 11.4. The molecule has 0 saturated carbocycles. The van der Waals surface area contributed by atoms with Gasteiger partial charge >= 0.3 is 0 Å². The summed E-state index contributed by atoms with van der Waals surface area (Å²) < 4.78 is 29.5. The zero-order valence-electron chi connectivity index (χ0n) is 11.7. The van der Waals surface area contributed by atoms with Gasteiger partial charge in [-0.1, -0.05) is 39.8 Å². The number of halogens is 1. The summed E-state index contributed by atoms with van der Waals surface area (Å²) in [5.41, 5.74) is 1.17. The molecular weight excluding hydrogens is 388 g/mol. The maximum Gasteiger partial charge on any atom is 0.276 e. The van der Waals surface area contributed by atoms with Gasteiger partial charge < -0.3 is 4.42 Å². The number of hydrogen-bond donors (Lipinski definition) is 0. The molecule has 2 heterocycles. The van der Waals surface area contributed by atoms with Crippen LogP contribution in [0, 0.1) is 5.92 Å². The molecule has 118 valence electrons. The fraction of sp³-hybridized carbons (Fsp3) is 0.429. The molecule has 0 bridgehead atoms. The number of thioether (sulfide) groups is 1. The summed E-state index contributed by atoms with van der Waals surface area (Å²) in [6.45, 7) is 0. The van der Waals surface area contributed by atoms with Crippen molar-refractivity contribution in [3.63, 3.8) is 0 Å². The van der Waals surface area contributed by atoms with Crippen LogP contribution in [-0.4, -0.2) is 30.1 Å². The van der Waals surface area contributed by atoms with E-state index >= 15 is 0 Å². The first kappa shape index (κ1) is 16.0. The lowest BCUT2D eigenvalue weighted by molar-refractivity contribution is 0.389. The molecule has 1 aliphatic rings. The molecule has 0 aliphatic carbocycles. The van der Waals surface area contributed by atoms with Gasteiger partial charge in [0, 0.05) is 16.6 Å². The van der Waals surface area contributed by atoms with Crippen molar-refractivity contribution in [3.05, 3.63) is 40.2 Å². The van der Waals surface area contributed by atoms with E-state index in [-0.39, 0.29) is 17.4 Å². The average Bonchev–Trinajstić information content (AvgIpc) is 3.03. The van der Waals surface area contributed by atoms with E-state index in [1.807, 2.05) is 24.3 Å². The summed E-state index contributed by atoms with van der Waals surface area (Å²) in [7, 11) is -2.86. The third-order valence-electron chi connectivity index (χ3n) is 3.49. The van der Waals surface area contributed by atoms with Gasteiger partial charge in [-0.15, -0.1) is 10.2 Å². The molecule has 8 heteroatoms. The third-order valence-corrected chi connectivity index (χ3v) is 6.71. The molecule has 0 amide bonds. The molecule has 1 aliphatic heterocycles. The van der Waals surface area contributed by atoms with E-state index in [0.29, 0.717) is 24.0 Å². The smallest absolute Gasteiger partial charge is 0.276 e. The number of aromatic nitrogens is 2. The first-order valence-corrected chi connectivity index (χ1v) is 10.5. The van der Waals surface area contributed by atoms with Crippen LogP contribution in [0.25, 0.3) is 0 Å². The van der Waals surface area contributed by atoms with Gasteiger partial charge in [0.1, 0.15) is 0 Å². The molecular formula is C14H15BrN2O3S2. The summed E-state index contributed by atoms with van der Waals surface area (Å²) in [5.74, 6) is 1.89. The van der Waals surface area contributed by atoms with Crippen molar-refractivity contribution in [2.75, 3.05) is 11.5 Å². The Hall–Kier alpha value is -0.860. The van der Waals surface area contributed by atoms with E-state index in [1.165, 1.54) is 17.3 Å². The van der Waals surface area contributed by atoms with Crippen molar-refractivity contribution in [1.82, 2.24) is 10.2 Å². The van der Waals surface area contributed by atoms with E-state index in [4.69, 9.17) is 4.42 Å². The van der Waals surface area contributed by atoms with Crippen LogP contribution in [0.2, 0.25) is 0 Å². The molecule has 0 radical (unpaired) electrons. The highest BCUT2D eigenvalue weighted by atomic mass is 79.9. The van der Waals surface area contributed by atoms with Crippen LogP contribution in [-0.2, 0) is 22.0 Å². The second kappa shape index (κ2) is 6.72. The standard InChI is InChI=1S/C14H15BrN2O3S2/c15-12-3-1-2-10(6-12)8-21-14-17-16-13(20-14)7-11-4-5-22(18,19)9-11/h1-3,6,11H,4-5,7-9H2/t11-/m0/s1. The Balaban J connectivity index is 1.55. The maximum absolute atomic E-state index is 11.4. The fourth-order valence-electron chi connectivity index (χ4n) is 2.43. The second-order valence-corrected chi connectivity index (χ2v) is 9.42. The lowest BCUT2D eigenvalue weighted by Gasteiger charge is -2.02. The minimum absolute atomic E-state index is 0.105. The fourth-order valence-corrected chi connectivity index (χ4v) is 5.46. The summed E-state index contributed by atoms with van der Waals surface area (Å²) in [6.07, 6.45) is 1.23. The van der Waals surface area contributed by atoms with Crippen LogP contribution >= 0.6 is 27.7 Å². The molecule has 5 nitrogen and oxygen atoms in total. The van der Waals surface area contributed by atoms with Gasteiger partial charge in [0.15, 0.2) is 9.84 Å². The lowest BCUT2D eigenvalue weighted by Crippen LogP contribution is -2.07. The van der Waals surface area contributed by atoms with E-state index in [2.05, 4.69) is 26.1 Å². The molecule has 22 heavy (non-hydrogen) atoms. The van der Waals surface area contributed by atoms with Crippen molar-refractivity contribution in [1.29, 1.82) is 0 Å². The molecule has 1 atom stereocenters. The highest BCUT2D eigenvalue weighted by Gasteiger charge is 2.29. The van der Waals surface area contributed by atoms with Gasteiger partial charge in [0.25, 0.3) is 5.22 Å². The molecule has 1 saturated heterocycles. The molecule has 1 aromatic heterocycles. The quantitative estimate of drug-likeness (QED) is 0.715. The molecule has 0 N–H and O–H groups in total. The van der Waals surface area contributed by atoms with Crippen LogP contribution in [0.15, 0.2) is 38.4 Å². The molecule has 0 unspecified atom stereocenters. The average molecular weight is 403 g/mol. The summed E-state index contributed by atoms with van der Waals surface area (Å²) in [6, 6.07) is 8.06. The first-order valence-electron chi connectivity index (χ1n) is 6.90. The molecule has 2 aromatic rings. The number of nitrogens with zero attached hydrogens (tertiary/aromatic N) is 2. The van der Waals surface area contributed by atoms with E-state index < -0.39 is 9.84 Å². The van der Waals surface area contributed by atoms with E-state index in [1.54, 1.807) is 0 Å². The van der Waals surface area contributed by atoms with Gasteiger partial charge in [-0.25, -0.2) is 8.42 Å². The predicted molar refractivity (Wildman–Crippen MR) is 88.5 cm³/mol. The van der Waals surface area contributed by atoms with Crippen molar-refractivity contribution < 1.29 is 12.8 Å². The van der Waals surface area contributed by atoms with Crippen molar-refractivity contribution >= 4 is 37.5 Å². The van der Waals surface area contributed by atoms with Crippen LogP contribution in [0.1, 0.15) is 17.9 Å². The van der Waals surface area contributed by atoms with Crippen LogP contribution < -0.4 is 0 Å². The van der Waals surface area contributed by atoms with Gasteiger partial charge in [0.05, 0.1) is 11.5 Å². The Labute approximate surface area is 141 Å². The van der Waals surface area contributed by atoms with Crippen molar-refractivity contribution in [2.24, 2.45) is 5.92 Å². The largest absolute Gasteiger partial charge is 0.416 e. The minimum atomic E-state index is -2.86. The van der Waals surface area contributed by atoms with E-state index in [0.717, 1.165) is 10.2 Å². The number of sulfone groups is 1. The Morgan fingerprint density at radius 2 is 2.23 bits per heavy atom. The minimum Gasteiger partial charge on any atom is -0.416 e. The number of benzene rings is 1. The highest BCUT2D eigenvalue weighted by Crippen LogP contribution is 2.26. The van der Waals surface area contributed by atoms with Crippen LogP contribution in [0.5, 0.6) is 0 Å². The Morgan fingerprint density at radius 1 is 1.36 bits per heavy atom. The van der Waals surface area contributed by atoms with E-state index in [9.17, 15) is 8.42 Å². The predicted octanol–water partition coefficient (Wildman–Crippen LogP) is 3.10. The third kappa shape index (κ3) is 4.33. The van der Waals surface area contributed by atoms with Gasteiger partial charge in [-0.05, 0) is 30.0 Å². The van der Waals surface area contributed by atoms with Crippen LogP contribution in [0.3, 0.4) is 0 Å². The molecule has 1 fully saturated rings. The molecule has 3 rings (SSSR count). The topological polar surface area (TPSA) is 73.1 Å². The van der Waals surface area contributed by atoms with Gasteiger partial charge in [-0.3, -0.25) is 0 Å². The SMILES string of the molecule is O=S1(=O)CC[C@@H](Cc2nnc(SCc3cccc(Br)c3)o2)C1. The number of rotatable bonds is 5. The summed E-state index contributed by atoms with van der Waals surface area (Å²) in [5, 5.41) is 8.56. The molecule has 1 aromatic carbocycles. The van der Waals surface area contributed by atoms with Crippen LogP contribution in [0.4, 0.5) is 0 Å². The molecule has 0 spiro atoms. The summed E-state index contributed by atoms with van der Waals surface area (Å²) in [4.78, 5) is 0. The monoisotopic (exact) mass is 402 g/mol. The lowest BCUT2D eigenvalue weighted by atomic mass is 10.1. The van der Waals surface area contributed by atoms with Crippen molar-refractivity contribution in [3.8, 4) is 0 Å². The highest BCUT2D eigenvalue weighted by molar-refractivity contribution is 9.10. The normalized spacial score (nSPS) is 20.3. The Morgan fingerprint density at radius 3 is 2.95 bits per heavy atom. The van der Waals surface area contributed by atoms with Gasteiger partial charge in [0.2, 0.25) is 5.89 Å². The second-order valence-electron chi connectivity index (χ2n) is 5.35. The number of hydrogen-bond acceptors (Lipinski definition) is 6. The van der Waals surface area contributed by atoms with Crippen molar-refractivity contribution in [2.45, 2.75) is 23.8 Å². The Kier molecular flexibility index (Phi) is 4.89. The zero-order valence-corrected chi connectivity index (χ0v) is 15.0. The summed E-state index contributed by atoms with van der Waals surface area (Å²) >= 11 is 4.92.